The Labute approximate surface area is 309 Å². The number of rotatable bonds is 15. The average molecular weight is 717 g/mol. The topological polar surface area (TPSA) is 105 Å². The van der Waals surface area contributed by atoms with Crippen LogP contribution in [0.4, 0.5) is 4.79 Å². The second-order valence-electron chi connectivity index (χ2n) is 15.2. The fraction of sp³-hybridized carbons (Fsp3) is 0.524. The highest BCUT2D eigenvalue weighted by molar-refractivity contribution is 5.73. The van der Waals surface area contributed by atoms with Gasteiger partial charge in [0.15, 0.2) is 0 Å². The van der Waals surface area contributed by atoms with Crippen molar-refractivity contribution in [2.75, 3.05) is 13.2 Å². The Morgan fingerprint density at radius 1 is 0.788 bits per heavy atom. The van der Waals surface area contributed by atoms with Crippen molar-refractivity contribution in [2.45, 2.75) is 128 Å². The molecule has 2 saturated heterocycles. The number of carbonyl (C=O) groups is 2. The molecule has 0 bridgehead atoms. The highest BCUT2D eigenvalue weighted by Gasteiger charge is 2.49. The largest absolute Gasteiger partial charge is 0.444 e. The van der Waals surface area contributed by atoms with Gasteiger partial charge in [0.25, 0.3) is 0 Å². The van der Waals surface area contributed by atoms with Gasteiger partial charge in [-0.15, -0.1) is 0 Å². The van der Waals surface area contributed by atoms with Crippen LogP contribution in [0.2, 0.25) is 0 Å². The molecular formula is C42H56N2O8. The zero-order chi connectivity index (χ0) is 37.1. The first-order valence-electron chi connectivity index (χ1n) is 18.4. The van der Waals surface area contributed by atoms with Crippen molar-refractivity contribution in [1.29, 1.82) is 0 Å². The molecule has 10 heteroatoms. The number of nitrogens with zero attached hydrogens (tertiary/aromatic N) is 1. The van der Waals surface area contributed by atoms with E-state index in [0.29, 0.717) is 45.7 Å². The van der Waals surface area contributed by atoms with Crippen LogP contribution in [-0.4, -0.2) is 77.9 Å². The first-order chi connectivity index (χ1) is 24.9. The van der Waals surface area contributed by atoms with Crippen LogP contribution < -0.4 is 5.32 Å². The summed E-state index contributed by atoms with van der Waals surface area (Å²) in [7, 11) is 0. The monoisotopic (exact) mass is 716 g/mol. The smallest absolute Gasteiger partial charge is 0.412 e. The summed E-state index contributed by atoms with van der Waals surface area (Å²) in [6.45, 7) is 12.6. The van der Waals surface area contributed by atoms with Gasteiger partial charge >= 0.3 is 6.09 Å². The van der Waals surface area contributed by atoms with Crippen molar-refractivity contribution < 1.29 is 38.0 Å². The zero-order valence-corrected chi connectivity index (χ0v) is 31.5. The van der Waals surface area contributed by atoms with Gasteiger partial charge in [0, 0.05) is 6.92 Å². The Bertz CT molecular complexity index is 1530. The van der Waals surface area contributed by atoms with E-state index in [1.54, 1.807) is 4.90 Å². The van der Waals surface area contributed by atoms with E-state index in [4.69, 9.17) is 28.4 Å². The molecule has 2 heterocycles. The van der Waals surface area contributed by atoms with Crippen LogP contribution in [0.25, 0.3) is 0 Å². The Hall–Kier alpha value is -3.80. The molecule has 0 spiro atoms. The molecular weight excluding hydrogens is 660 g/mol. The van der Waals surface area contributed by atoms with Gasteiger partial charge in [-0.25, -0.2) is 4.79 Å². The lowest BCUT2D eigenvalue weighted by Gasteiger charge is -2.47. The SMILES string of the molecule is CC(=O)N[C@H]1[C@@H](OCc2ccccc2)[C@H](OCc2ccccc2)[C@@H](COCc2ccccc2)O[C@H]1CCC[C@H]1COC(C)(C)N1C(=O)OC(C)(C)C. The Morgan fingerprint density at radius 2 is 1.33 bits per heavy atom. The minimum atomic E-state index is -0.798. The second-order valence-corrected chi connectivity index (χ2v) is 15.2. The van der Waals surface area contributed by atoms with E-state index in [1.807, 2.05) is 126 Å². The number of nitrogens with one attached hydrogen (secondary N) is 1. The number of carbonyl (C=O) groups excluding carboxylic acids is 2. The molecule has 52 heavy (non-hydrogen) atoms. The van der Waals surface area contributed by atoms with Gasteiger partial charge < -0.3 is 33.7 Å². The number of amides is 2. The van der Waals surface area contributed by atoms with Crippen LogP contribution >= 0.6 is 0 Å². The lowest BCUT2D eigenvalue weighted by atomic mass is 9.89. The average Bonchev–Trinajstić information content (AvgIpc) is 3.41. The maximum atomic E-state index is 13.3. The van der Waals surface area contributed by atoms with Gasteiger partial charge in [-0.2, -0.15) is 0 Å². The molecule has 0 saturated carbocycles. The summed E-state index contributed by atoms with van der Waals surface area (Å²) in [4.78, 5) is 27.8. The molecule has 2 amide bonds. The van der Waals surface area contributed by atoms with Crippen molar-refractivity contribution >= 4 is 12.0 Å². The van der Waals surface area contributed by atoms with E-state index < -0.39 is 47.9 Å². The van der Waals surface area contributed by atoms with Crippen molar-refractivity contribution in [2.24, 2.45) is 0 Å². The van der Waals surface area contributed by atoms with Crippen molar-refractivity contribution in [3.63, 3.8) is 0 Å². The summed E-state index contributed by atoms with van der Waals surface area (Å²) in [6, 6.07) is 29.3. The molecule has 2 aliphatic rings. The predicted octanol–water partition coefficient (Wildman–Crippen LogP) is 7.19. The maximum Gasteiger partial charge on any atom is 0.412 e. The second kappa shape index (κ2) is 18.3. The molecule has 3 aromatic rings. The molecule has 0 radical (unpaired) electrons. The van der Waals surface area contributed by atoms with E-state index in [2.05, 4.69) is 5.32 Å². The molecule has 0 aromatic heterocycles. The summed E-state index contributed by atoms with van der Waals surface area (Å²) in [6.07, 6.45) is -0.462. The van der Waals surface area contributed by atoms with Crippen LogP contribution in [0.3, 0.4) is 0 Å². The van der Waals surface area contributed by atoms with Gasteiger partial charge in [-0.05, 0) is 70.6 Å². The third-order valence-electron chi connectivity index (χ3n) is 9.32. The summed E-state index contributed by atoms with van der Waals surface area (Å²) in [5.41, 5.74) is 1.65. The zero-order valence-electron chi connectivity index (χ0n) is 31.5. The van der Waals surface area contributed by atoms with E-state index in [9.17, 15) is 9.59 Å². The lowest BCUT2D eigenvalue weighted by molar-refractivity contribution is -0.233. The molecule has 10 nitrogen and oxygen atoms in total. The Balaban J connectivity index is 1.38. The number of hydrogen-bond donors (Lipinski definition) is 1. The van der Waals surface area contributed by atoms with Crippen LogP contribution in [0.1, 0.15) is 77.5 Å². The maximum absolute atomic E-state index is 13.3. The summed E-state index contributed by atoms with van der Waals surface area (Å²) >= 11 is 0. The Morgan fingerprint density at radius 3 is 1.87 bits per heavy atom. The van der Waals surface area contributed by atoms with Gasteiger partial charge in [-0.3, -0.25) is 9.69 Å². The standard InChI is InChI=1S/C42H56N2O8/c1-30(45)43-37-35(24-16-23-34-28-50-42(5,6)44(34)40(46)52-41(2,3)4)51-36(29-47-25-31-17-10-7-11-18-31)38(48-26-32-19-12-8-13-20-32)39(37)49-27-33-21-14-9-15-22-33/h7-15,17-22,34-39H,16,23-29H2,1-6H3,(H,43,45)/t34-,35-,36+,37+,38+,39+/m0/s1. The molecule has 2 aliphatic heterocycles. The van der Waals surface area contributed by atoms with Crippen LogP contribution in [0.5, 0.6) is 0 Å². The molecule has 282 valence electrons. The summed E-state index contributed by atoms with van der Waals surface area (Å²) < 4.78 is 38.4. The fourth-order valence-electron chi connectivity index (χ4n) is 6.94. The minimum Gasteiger partial charge on any atom is -0.444 e. The third kappa shape index (κ3) is 11.3. The Kier molecular flexibility index (Phi) is 13.9. The first kappa shape index (κ1) is 39.4. The molecule has 2 fully saturated rings. The van der Waals surface area contributed by atoms with E-state index in [1.165, 1.54) is 6.92 Å². The fourth-order valence-corrected chi connectivity index (χ4v) is 6.94. The van der Waals surface area contributed by atoms with E-state index >= 15 is 0 Å². The first-order valence-corrected chi connectivity index (χ1v) is 18.4. The van der Waals surface area contributed by atoms with Gasteiger partial charge in [0.2, 0.25) is 5.91 Å². The van der Waals surface area contributed by atoms with Gasteiger partial charge in [0.05, 0.1) is 51.2 Å². The number of ether oxygens (including phenoxy) is 6. The number of hydrogen-bond acceptors (Lipinski definition) is 8. The van der Waals surface area contributed by atoms with Crippen LogP contribution in [0, 0.1) is 0 Å². The van der Waals surface area contributed by atoms with E-state index in [-0.39, 0.29) is 18.6 Å². The van der Waals surface area contributed by atoms with Crippen LogP contribution in [0.15, 0.2) is 91.0 Å². The van der Waals surface area contributed by atoms with Crippen LogP contribution in [-0.2, 0) is 53.0 Å². The summed E-state index contributed by atoms with van der Waals surface area (Å²) in [5.74, 6) is -0.186. The predicted molar refractivity (Wildman–Crippen MR) is 198 cm³/mol. The van der Waals surface area contributed by atoms with Gasteiger partial charge in [-0.1, -0.05) is 91.0 Å². The molecule has 0 unspecified atom stereocenters. The normalized spacial score (nSPS) is 24.4. The highest BCUT2D eigenvalue weighted by atomic mass is 16.6. The molecule has 0 aliphatic carbocycles. The molecule has 1 N–H and O–H groups in total. The summed E-state index contributed by atoms with van der Waals surface area (Å²) in [5, 5.41) is 3.17. The molecule has 6 atom stereocenters. The van der Waals surface area contributed by atoms with Crippen molar-refractivity contribution in [3.05, 3.63) is 108 Å². The quantitative estimate of drug-likeness (QED) is 0.176. The highest BCUT2D eigenvalue weighted by Crippen LogP contribution is 2.34. The van der Waals surface area contributed by atoms with Gasteiger partial charge in [0.1, 0.15) is 29.6 Å². The van der Waals surface area contributed by atoms with E-state index in [0.717, 1.165) is 16.7 Å². The van der Waals surface area contributed by atoms with Crippen molar-refractivity contribution in [1.82, 2.24) is 10.2 Å². The minimum absolute atomic E-state index is 0.176. The molecule has 5 rings (SSSR count). The third-order valence-corrected chi connectivity index (χ3v) is 9.32. The lowest BCUT2D eigenvalue weighted by Crippen LogP contribution is -2.65. The molecule has 3 aromatic carbocycles. The van der Waals surface area contributed by atoms with Crippen molar-refractivity contribution in [3.8, 4) is 0 Å². The number of benzene rings is 3.